The molecule has 0 unspecified atom stereocenters. The van der Waals surface area contributed by atoms with Crippen molar-refractivity contribution in [3.05, 3.63) is 71.0 Å². The Morgan fingerprint density at radius 1 is 1.07 bits per heavy atom. The molecule has 0 aliphatic rings. The van der Waals surface area contributed by atoms with Gasteiger partial charge < -0.3 is 15.2 Å². The van der Waals surface area contributed by atoms with E-state index in [1.54, 1.807) is 18.2 Å². The summed E-state index contributed by atoms with van der Waals surface area (Å²) in [5, 5.41) is 12.7. The fourth-order valence-corrected chi connectivity index (χ4v) is 5.36. The largest absolute Gasteiger partial charge is 0.478 e. The number of amides is 1. The number of carboxylic acid groups (broad SMARTS) is 1. The predicted octanol–water partition coefficient (Wildman–Crippen LogP) is 5.82. The summed E-state index contributed by atoms with van der Waals surface area (Å²) in [6.07, 6.45) is 1.38. The highest BCUT2D eigenvalue weighted by molar-refractivity contribution is 8.13. The van der Waals surface area contributed by atoms with Gasteiger partial charge in [-0.25, -0.2) is 4.79 Å². The summed E-state index contributed by atoms with van der Waals surface area (Å²) in [7, 11) is 0. The third-order valence-corrected chi connectivity index (χ3v) is 7.51. The maximum absolute atomic E-state index is 13.2. The quantitative estimate of drug-likeness (QED) is 0.254. The molecule has 3 aromatic rings. The van der Waals surface area contributed by atoms with Crippen LogP contribution in [0.5, 0.6) is 6.01 Å². The lowest BCUT2D eigenvalue weighted by Gasteiger charge is -2.19. The van der Waals surface area contributed by atoms with Gasteiger partial charge in [-0.3, -0.25) is 14.2 Å². The lowest BCUT2D eigenvalue weighted by molar-refractivity contribution is -0.125. The van der Waals surface area contributed by atoms with E-state index in [4.69, 9.17) is 9.72 Å². The third kappa shape index (κ3) is 8.21. The summed E-state index contributed by atoms with van der Waals surface area (Å²) in [6.45, 7) is 10.8. The number of aryl methyl sites for hydroxylation is 1. The Hall–Kier alpha value is -3.59. The maximum atomic E-state index is 13.2. The molecular formula is C31H39N3O5S. The Bertz CT molecular complexity index is 1320. The lowest BCUT2D eigenvalue weighted by atomic mass is 9.98. The van der Waals surface area contributed by atoms with Crippen molar-refractivity contribution in [2.24, 2.45) is 11.8 Å². The minimum Gasteiger partial charge on any atom is -0.478 e. The molecule has 1 amide bonds. The topological polar surface area (TPSA) is 111 Å². The Kier molecular flexibility index (Phi) is 11.4. The number of hydrogen-bond donors (Lipinski definition) is 2. The number of rotatable bonds is 14. The van der Waals surface area contributed by atoms with Gasteiger partial charge in [0.15, 0.2) is 5.12 Å². The Morgan fingerprint density at radius 3 is 2.38 bits per heavy atom. The average molecular weight is 566 g/mol. The van der Waals surface area contributed by atoms with E-state index in [-0.39, 0.29) is 22.5 Å². The van der Waals surface area contributed by atoms with Crippen LogP contribution in [0.3, 0.4) is 0 Å². The molecule has 1 aromatic heterocycles. The zero-order chi connectivity index (χ0) is 29.2. The van der Waals surface area contributed by atoms with Crippen molar-refractivity contribution in [3.63, 3.8) is 0 Å². The van der Waals surface area contributed by atoms with Crippen LogP contribution in [0.2, 0.25) is 0 Å². The van der Waals surface area contributed by atoms with E-state index < -0.39 is 5.97 Å². The van der Waals surface area contributed by atoms with Crippen LogP contribution in [0.1, 0.15) is 68.3 Å². The molecule has 0 saturated heterocycles. The summed E-state index contributed by atoms with van der Waals surface area (Å²) in [4.78, 5) is 41.1. The molecular weight excluding hydrogens is 526 g/mol. The molecule has 0 aliphatic heterocycles. The van der Waals surface area contributed by atoms with Gasteiger partial charge in [0.25, 0.3) is 6.01 Å². The molecule has 2 aromatic carbocycles. The van der Waals surface area contributed by atoms with Crippen molar-refractivity contribution in [3.8, 4) is 17.1 Å². The molecule has 2 N–H and O–H groups in total. The van der Waals surface area contributed by atoms with E-state index in [0.29, 0.717) is 55.8 Å². The van der Waals surface area contributed by atoms with E-state index >= 15 is 0 Å². The number of aromatic carboxylic acids is 1. The number of imidazole rings is 1. The fourth-order valence-electron chi connectivity index (χ4n) is 4.64. The molecule has 0 spiro atoms. The van der Waals surface area contributed by atoms with Crippen molar-refractivity contribution in [2.75, 3.05) is 12.4 Å². The van der Waals surface area contributed by atoms with Crippen molar-refractivity contribution < 1.29 is 24.2 Å². The van der Waals surface area contributed by atoms with Crippen LogP contribution in [0, 0.1) is 11.8 Å². The molecule has 214 valence electrons. The van der Waals surface area contributed by atoms with Crippen molar-refractivity contribution in [2.45, 2.75) is 60.5 Å². The van der Waals surface area contributed by atoms with Gasteiger partial charge in [-0.1, -0.05) is 75.0 Å². The first-order valence-corrected chi connectivity index (χ1v) is 14.7. The van der Waals surface area contributed by atoms with E-state index in [2.05, 4.69) is 19.2 Å². The molecule has 1 atom stereocenters. The van der Waals surface area contributed by atoms with Gasteiger partial charge in [0.05, 0.1) is 36.6 Å². The number of ether oxygens (including phenoxy) is 1. The van der Waals surface area contributed by atoms with Crippen LogP contribution in [0.25, 0.3) is 11.1 Å². The molecule has 0 saturated carbocycles. The van der Waals surface area contributed by atoms with Gasteiger partial charge in [-0.2, -0.15) is 4.98 Å². The number of aromatic nitrogens is 2. The summed E-state index contributed by atoms with van der Waals surface area (Å²) in [5.74, 6) is -0.510. The molecule has 0 fully saturated rings. The molecule has 3 rings (SSSR count). The number of nitrogens with zero attached hydrogens (tertiary/aromatic N) is 2. The summed E-state index contributed by atoms with van der Waals surface area (Å²) in [6, 6.07) is 15.2. The zero-order valence-corrected chi connectivity index (χ0v) is 24.7. The third-order valence-electron chi connectivity index (χ3n) is 6.54. The number of benzene rings is 2. The Morgan fingerprint density at radius 2 is 1.77 bits per heavy atom. The van der Waals surface area contributed by atoms with Gasteiger partial charge in [0, 0.05) is 18.6 Å². The first kappa shape index (κ1) is 30.9. The second-order valence-electron chi connectivity index (χ2n) is 10.1. The molecule has 0 radical (unpaired) electrons. The molecule has 0 aliphatic carbocycles. The number of carbonyl (C=O) groups excluding carboxylic acids is 2. The van der Waals surface area contributed by atoms with Crippen molar-refractivity contribution >= 4 is 28.8 Å². The van der Waals surface area contributed by atoms with Crippen LogP contribution in [0.15, 0.2) is 48.5 Å². The van der Waals surface area contributed by atoms with Gasteiger partial charge in [0.2, 0.25) is 5.91 Å². The highest BCUT2D eigenvalue weighted by Gasteiger charge is 2.23. The number of carbonyl (C=O) groups is 3. The highest BCUT2D eigenvalue weighted by Crippen LogP contribution is 2.26. The van der Waals surface area contributed by atoms with Crippen LogP contribution in [0.4, 0.5) is 0 Å². The number of hydrogen-bond acceptors (Lipinski definition) is 6. The monoisotopic (exact) mass is 565 g/mol. The number of carboxylic acids is 1. The molecule has 0 bridgehead atoms. The molecule has 40 heavy (non-hydrogen) atoms. The highest BCUT2D eigenvalue weighted by atomic mass is 32.2. The van der Waals surface area contributed by atoms with Crippen molar-refractivity contribution in [1.82, 2.24) is 14.9 Å². The number of thioether (sulfide) groups is 1. The van der Waals surface area contributed by atoms with Gasteiger partial charge in [-0.15, -0.1) is 0 Å². The minimum absolute atomic E-state index is 0.00623. The SMILES string of the molecule is CCOc1nc(CC)c(CNC(=O)[C@@H](CSC(C)=O)CC(C)C)n1Cc1ccc(-c2ccccc2C(=O)O)cc1. The van der Waals surface area contributed by atoms with E-state index in [1.165, 1.54) is 18.7 Å². The molecule has 8 nitrogen and oxygen atoms in total. The Labute approximate surface area is 240 Å². The van der Waals surface area contributed by atoms with E-state index in [0.717, 1.165) is 22.5 Å². The van der Waals surface area contributed by atoms with Crippen LogP contribution < -0.4 is 10.1 Å². The minimum atomic E-state index is -0.964. The second-order valence-corrected chi connectivity index (χ2v) is 11.3. The second kappa shape index (κ2) is 14.7. The molecule has 1 heterocycles. The summed E-state index contributed by atoms with van der Waals surface area (Å²) in [5.41, 5.74) is 4.46. The molecule has 9 heteroatoms. The van der Waals surface area contributed by atoms with Crippen molar-refractivity contribution in [1.29, 1.82) is 0 Å². The van der Waals surface area contributed by atoms with E-state index in [9.17, 15) is 19.5 Å². The summed E-state index contributed by atoms with van der Waals surface area (Å²) >= 11 is 1.19. The number of nitrogens with one attached hydrogen (secondary N) is 1. The van der Waals surface area contributed by atoms with Gasteiger partial charge in [0.1, 0.15) is 0 Å². The maximum Gasteiger partial charge on any atom is 0.336 e. The zero-order valence-electron chi connectivity index (χ0n) is 23.9. The normalized spacial score (nSPS) is 11.8. The van der Waals surface area contributed by atoms with Crippen LogP contribution in [-0.2, 0) is 29.1 Å². The van der Waals surface area contributed by atoms with Gasteiger partial charge in [-0.05, 0) is 48.4 Å². The first-order valence-electron chi connectivity index (χ1n) is 13.7. The first-order chi connectivity index (χ1) is 19.1. The predicted molar refractivity (Wildman–Crippen MR) is 159 cm³/mol. The summed E-state index contributed by atoms with van der Waals surface area (Å²) < 4.78 is 7.86. The van der Waals surface area contributed by atoms with Crippen LogP contribution in [-0.4, -0.2) is 44.0 Å². The fraction of sp³-hybridized carbons (Fsp3) is 0.419. The smallest absolute Gasteiger partial charge is 0.336 e. The van der Waals surface area contributed by atoms with Gasteiger partial charge >= 0.3 is 5.97 Å². The van der Waals surface area contributed by atoms with Crippen LogP contribution >= 0.6 is 11.8 Å². The average Bonchev–Trinajstić information content (AvgIpc) is 3.25. The lowest BCUT2D eigenvalue weighted by Crippen LogP contribution is -2.33. The Balaban J connectivity index is 1.86. The van der Waals surface area contributed by atoms with E-state index in [1.807, 2.05) is 48.7 Å². The standard InChI is InChI=1S/C31H39N3O5S/c1-6-27-28(17-32-29(36)24(16-20(3)4)19-40-21(5)35)34(31(33-27)39-7-2)18-22-12-14-23(15-13-22)25-10-8-9-11-26(25)30(37)38/h8-15,20,24H,6-7,16-19H2,1-5H3,(H,32,36)(H,37,38)/t24-/m1/s1.